The van der Waals surface area contributed by atoms with Crippen LogP contribution in [0.1, 0.15) is 146 Å². The van der Waals surface area contributed by atoms with Crippen LogP contribution in [-0.2, 0) is 47.7 Å². The van der Waals surface area contributed by atoms with Crippen molar-refractivity contribution in [1.82, 2.24) is 4.90 Å². The summed E-state index contributed by atoms with van der Waals surface area (Å²) in [7, 11) is 2.95. The number of Topliss-reactive ketones (excluding diaryl/α,β-unsaturated/α-hetero) is 3. The number of ether oxygens (including phenoxy) is 5. The molecular formula is C54H85NO13. The highest BCUT2D eigenvalue weighted by atomic mass is 16.6. The fourth-order valence-electron chi connectivity index (χ4n) is 10.4. The lowest BCUT2D eigenvalue weighted by atomic mass is 9.78. The van der Waals surface area contributed by atoms with Crippen LogP contribution in [0.2, 0.25) is 0 Å². The number of cyclic esters (lactones) is 1. The van der Waals surface area contributed by atoms with Crippen LogP contribution in [-0.4, -0.2) is 131 Å². The molecule has 3 heterocycles. The van der Waals surface area contributed by atoms with E-state index in [2.05, 4.69) is 0 Å². The Bertz CT molecular complexity index is 1820. The minimum absolute atomic E-state index is 0.0145. The number of amides is 1. The van der Waals surface area contributed by atoms with Gasteiger partial charge in [-0.25, -0.2) is 4.79 Å². The highest BCUT2D eigenvalue weighted by molar-refractivity contribution is 6.39. The van der Waals surface area contributed by atoms with E-state index in [4.69, 9.17) is 23.7 Å². The Kier molecular flexibility index (Phi) is 22.5. The number of esters is 1. The minimum atomic E-state index is -2.44. The monoisotopic (exact) mass is 956 g/mol. The Morgan fingerprint density at radius 2 is 1.59 bits per heavy atom. The van der Waals surface area contributed by atoms with Gasteiger partial charge in [-0.3, -0.25) is 19.2 Å². The van der Waals surface area contributed by atoms with Gasteiger partial charge in [0.2, 0.25) is 5.79 Å². The summed E-state index contributed by atoms with van der Waals surface area (Å²) in [5.41, 5.74) is 1.29. The molecule has 0 aromatic heterocycles. The molecule has 2 bridgehead atoms. The van der Waals surface area contributed by atoms with Gasteiger partial charge in [-0.2, -0.15) is 0 Å². The molecule has 1 saturated carbocycles. The number of carbonyl (C=O) groups excluding carboxylic acids is 5. The predicted molar refractivity (Wildman–Crippen MR) is 259 cm³/mol. The van der Waals surface area contributed by atoms with Crippen LogP contribution in [0.5, 0.6) is 0 Å². The van der Waals surface area contributed by atoms with E-state index in [-0.39, 0.29) is 60.9 Å². The average molecular weight is 956 g/mol. The third kappa shape index (κ3) is 15.3. The first-order valence-electron chi connectivity index (χ1n) is 25.4. The molecule has 4 rings (SSSR count). The lowest BCUT2D eigenvalue weighted by Gasteiger charge is -2.43. The number of hydrogen-bond donors (Lipinski definition) is 3. The van der Waals surface area contributed by atoms with E-state index in [0.29, 0.717) is 63.4 Å². The summed E-state index contributed by atoms with van der Waals surface area (Å²) in [4.78, 5) is 72.3. The number of piperidine rings is 1. The molecule has 384 valence electrons. The van der Waals surface area contributed by atoms with E-state index in [9.17, 15) is 39.3 Å². The topological polar surface area (TPSA) is 195 Å². The quantitative estimate of drug-likeness (QED) is 0.124. The van der Waals surface area contributed by atoms with Crippen molar-refractivity contribution >= 4 is 29.2 Å². The molecule has 2 saturated heterocycles. The van der Waals surface area contributed by atoms with Gasteiger partial charge in [-0.1, -0.05) is 78.0 Å². The van der Waals surface area contributed by atoms with Crippen LogP contribution in [0.25, 0.3) is 0 Å². The number of rotatable bonds is 8. The first kappa shape index (κ1) is 57.2. The molecule has 3 N–H and O–H groups in total. The zero-order valence-electron chi connectivity index (χ0n) is 42.9. The number of fused-ring (bicyclic) bond motifs is 3. The van der Waals surface area contributed by atoms with Gasteiger partial charge in [0.1, 0.15) is 30.1 Å². The summed E-state index contributed by atoms with van der Waals surface area (Å²) in [6.07, 6.45) is 11.9. The summed E-state index contributed by atoms with van der Waals surface area (Å²) < 4.78 is 30.2. The summed E-state index contributed by atoms with van der Waals surface area (Å²) in [6.45, 7) is 16.8. The molecule has 1 aliphatic carbocycles. The SMILES string of the molecule is CC[C@H](C)O[C@@H]1C[C@@H]2CC[C@@H](C)[C@@](O)(O2)C(=O)C(=O)N2CCCC[C@H]2C(=O)OC([C@H](C)C[C@@H]2CC[C@@H](O)[C@H](OC)C2)CC(=O)[C@H](C)/C=C(\C)[C@@H](O)[C@@H](OC)C(=O)[C@H](C)C[C@H](C)/C=C/C=C/C=C/1C. The van der Waals surface area contributed by atoms with Crippen molar-refractivity contribution in [3.05, 3.63) is 47.6 Å². The molecule has 3 aliphatic heterocycles. The van der Waals surface area contributed by atoms with Gasteiger partial charge in [-0.15, -0.1) is 0 Å². The van der Waals surface area contributed by atoms with Crippen molar-refractivity contribution in [3.8, 4) is 0 Å². The van der Waals surface area contributed by atoms with Crippen molar-refractivity contribution in [1.29, 1.82) is 0 Å². The van der Waals surface area contributed by atoms with E-state index in [1.807, 2.05) is 71.9 Å². The molecule has 0 aromatic carbocycles. The first-order valence-corrected chi connectivity index (χ1v) is 25.4. The second-order valence-corrected chi connectivity index (χ2v) is 20.7. The Labute approximate surface area is 406 Å². The molecule has 3 fully saturated rings. The molecular weight excluding hydrogens is 871 g/mol. The number of ketones is 3. The molecule has 0 radical (unpaired) electrons. The number of aliphatic hydroxyl groups is 3. The van der Waals surface area contributed by atoms with Gasteiger partial charge in [0, 0.05) is 51.4 Å². The smallest absolute Gasteiger partial charge is 0.329 e. The van der Waals surface area contributed by atoms with Gasteiger partial charge >= 0.3 is 5.97 Å². The predicted octanol–water partition coefficient (Wildman–Crippen LogP) is 7.35. The van der Waals surface area contributed by atoms with Crippen LogP contribution in [0.3, 0.4) is 0 Å². The van der Waals surface area contributed by atoms with Gasteiger partial charge in [-0.05, 0) is 120 Å². The van der Waals surface area contributed by atoms with Crippen molar-refractivity contribution in [2.45, 2.75) is 206 Å². The summed E-state index contributed by atoms with van der Waals surface area (Å²) >= 11 is 0. The standard InChI is InChI=1S/C54H85NO13/c1-12-39(9)66-45-30-41-23-21-38(8)54(63,68-41)51(60)52(61)55-25-17-16-20-42(55)53(62)67-46(35(5)28-40-22-24-43(56)47(29-40)64-10)31-44(57)34(4)27-37(7)49(59)50(65-11)48(58)36(6)26-32(2)18-14-13-15-19-33(45)3/h13-15,18-19,27,32,34-36,38-43,45-47,49-50,56,59,63H,12,16-17,20-26,28-31H2,1-11H3/b15-13+,18-14+,33-19+,37-27+/t32-,34-,35-,36-,38-,39+,40+,41+,42+,43-,45-,46?,47-,49-,50+,54-/m1/s1. The van der Waals surface area contributed by atoms with Crippen molar-refractivity contribution in [2.75, 3.05) is 20.8 Å². The van der Waals surface area contributed by atoms with Crippen LogP contribution >= 0.6 is 0 Å². The van der Waals surface area contributed by atoms with E-state index in [1.54, 1.807) is 34.0 Å². The molecule has 14 heteroatoms. The van der Waals surface area contributed by atoms with Crippen molar-refractivity contribution in [2.24, 2.45) is 35.5 Å². The zero-order valence-corrected chi connectivity index (χ0v) is 42.9. The van der Waals surface area contributed by atoms with E-state index in [1.165, 1.54) is 12.0 Å². The van der Waals surface area contributed by atoms with Gasteiger partial charge < -0.3 is 43.9 Å². The number of aliphatic hydroxyl groups excluding tert-OH is 2. The van der Waals surface area contributed by atoms with E-state index >= 15 is 0 Å². The van der Waals surface area contributed by atoms with Gasteiger partial charge in [0.25, 0.3) is 11.7 Å². The van der Waals surface area contributed by atoms with Gasteiger partial charge in [0.15, 0.2) is 5.78 Å². The van der Waals surface area contributed by atoms with Crippen molar-refractivity contribution in [3.63, 3.8) is 0 Å². The highest BCUT2D eigenvalue weighted by Crippen LogP contribution is 2.38. The maximum atomic E-state index is 14.4. The normalized spacial score (nSPS) is 39.6. The van der Waals surface area contributed by atoms with E-state index < -0.39 is 83.9 Å². The Hall–Kier alpha value is -3.37. The largest absolute Gasteiger partial charge is 0.460 e. The zero-order chi connectivity index (χ0) is 50.5. The number of hydrogen-bond acceptors (Lipinski definition) is 13. The third-order valence-electron chi connectivity index (χ3n) is 15.2. The Morgan fingerprint density at radius 3 is 2.26 bits per heavy atom. The molecule has 1 amide bonds. The Balaban J connectivity index is 1.73. The molecule has 68 heavy (non-hydrogen) atoms. The lowest BCUT2D eigenvalue weighted by molar-refractivity contribution is -0.266. The summed E-state index contributed by atoms with van der Waals surface area (Å²) in [5, 5.41) is 34.1. The Morgan fingerprint density at radius 1 is 0.868 bits per heavy atom. The van der Waals surface area contributed by atoms with Crippen LogP contribution in [0.4, 0.5) is 0 Å². The van der Waals surface area contributed by atoms with Crippen LogP contribution in [0.15, 0.2) is 47.6 Å². The number of nitrogens with zero attached hydrogens (tertiary/aromatic N) is 1. The number of carbonyl (C=O) groups is 5. The maximum Gasteiger partial charge on any atom is 0.329 e. The third-order valence-corrected chi connectivity index (χ3v) is 15.2. The second kappa shape index (κ2) is 26.7. The van der Waals surface area contributed by atoms with Gasteiger partial charge in [0.05, 0.1) is 30.5 Å². The molecule has 1 unspecified atom stereocenters. The van der Waals surface area contributed by atoms with Crippen LogP contribution < -0.4 is 0 Å². The van der Waals surface area contributed by atoms with Crippen molar-refractivity contribution < 1.29 is 63.0 Å². The number of allylic oxidation sites excluding steroid dienone is 6. The maximum absolute atomic E-state index is 14.4. The van der Waals surface area contributed by atoms with Crippen LogP contribution in [0, 0.1) is 35.5 Å². The van der Waals surface area contributed by atoms with E-state index in [0.717, 1.165) is 18.4 Å². The highest BCUT2D eigenvalue weighted by Gasteiger charge is 2.53. The number of methoxy groups -OCH3 is 2. The fraction of sp³-hybridized carbons (Fsp3) is 0.759. The molecule has 14 nitrogen and oxygen atoms in total. The summed E-state index contributed by atoms with van der Waals surface area (Å²) in [6, 6.07) is -1.14. The second-order valence-electron chi connectivity index (χ2n) is 20.7. The molecule has 0 spiro atoms. The molecule has 4 aliphatic rings. The summed E-state index contributed by atoms with van der Waals surface area (Å²) in [5.74, 6) is -7.98. The molecule has 0 aromatic rings. The first-order chi connectivity index (χ1) is 32.1. The minimum Gasteiger partial charge on any atom is -0.460 e. The lowest BCUT2D eigenvalue weighted by Crippen LogP contribution is -2.61. The molecule has 16 atom stereocenters. The fourth-order valence-corrected chi connectivity index (χ4v) is 10.4. The average Bonchev–Trinajstić information content (AvgIpc) is 3.31.